The molecular formula is C17H15F3N4O4S. The summed E-state index contributed by atoms with van der Waals surface area (Å²) < 4.78 is 72.7. The first-order valence-corrected chi connectivity index (χ1v) is 10.1. The highest BCUT2D eigenvalue weighted by atomic mass is 32.2. The number of aromatic nitrogens is 4. The van der Waals surface area contributed by atoms with Gasteiger partial charge in [0.15, 0.2) is 12.0 Å². The van der Waals surface area contributed by atoms with Crippen molar-refractivity contribution in [3.05, 3.63) is 36.8 Å². The van der Waals surface area contributed by atoms with Gasteiger partial charge in [-0.1, -0.05) is 0 Å². The van der Waals surface area contributed by atoms with Gasteiger partial charge in [0.2, 0.25) is 0 Å². The van der Waals surface area contributed by atoms with Crippen LogP contribution < -0.4 is 4.18 Å². The molecule has 0 saturated carbocycles. The van der Waals surface area contributed by atoms with Gasteiger partial charge in [0.25, 0.3) is 0 Å². The molecule has 3 aromatic heterocycles. The second-order valence-electron chi connectivity index (χ2n) is 6.33. The molecule has 4 rings (SSSR count). The van der Waals surface area contributed by atoms with E-state index in [2.05, 4.69) is 19.2 Å². The lowest BCUT2D eigenvalue weighted by Gasteiger charge is -2.24. The van der Waals surface area contributed by atoms with Crippen LogP contribution in [-0.2, 0) is 14.9 Å². The molecule has 1 aliphatic heterocycles. The summed E-state index contributed by atoms with van der Waals surface area (Å²) in [6.07, 6.45) is 6.44. The molecule has 1 saturated heterocycles. The van der Waals surface area contributed by atoms with E-state index in [4.69, 9.17) is 4.74 Å². The second kappa shape index (κ2) is 7.26. The number of hydrogen-bond acceptors (Lipinski definition) is 7. The molecule has 12 heteroatoms. The van der Waals surface area contributed by atoms with Crippen molar-refractivity contribution < 1.29 is 30.5 Å². The van der Waals surface area contributed by atoms with E-state index in [1.165, 1.54) is 12.3 Å². The van der Waals surface area contributed by atoms with E-state index >= 15 is 0 Å². The number of halogens is 3. The van der Waals surface area contributed by atoms with Crippen molar-refractivity contribution in [2.45, 2.75) is 31.0 Å². The van der Waals surface area contributed by atoms with Crippen molar-refractivity contribution in [2.75, 3.05) is 6.61 Å². The van der Waals surface area contributed by atoms with Gasteiger partial charge in [0.05, 0.1) is 5.69 Å². The van der Waals surface area contributed by atoms with Crippen molar-refractivity contribution in [3.63, 3.8) is 0 Å². The molecule has 0 N–H and O–H groups in total. The summed E-state index contributed by atoms with van der Waals surface area (Å²) in [5, 5.41) is 4.36. The Balaban J connectivity index is 1.80. The Bertz CT molecular complexity index is 1140. The Morgan fingerprint density at radius 1 is 1.10 bits per heavy atom. The van der Waals surface area contributed by atoms with Crippen LogP contribution in [0.25, 0.3) is 22.3 Å². The van der Waals surface area contributed by atoms with Gasteiger partial charge in [-0.2, -0.15) is 26.7 Å². The molecule has 1 fully saturated rings. The molecule has 1 aliphatic rings. The summed E-state index contributed by atoms with van der Waals surface area (Å²) in [4.78, 5) is 8.46. The minimum atomic E-state index is -5.82. The van der Waals surface area contributed by atoms with E-state index in [9.17, 15) is 21.6 Å². The first kappa shape index (κ1) is 19.6. The lowest BCUT2D eigenvalue weighted by molar-refractivity contribution is -0.0499. The quantitative estimate of drug-likeness (QED) is 0.464. The standard InChI is InChI=1S/C17H15F3N4O4S/c18-17(19,20)29(25,26)28-13-6-8-21-15-11(13)4-7-22-16(15)12-5-9-23-24(12)14-3-1-2-10-27-14/h4-9,14H,1-3,10H2. The van der Waals surface area contributed by atoms with Gasteiger partial charge in [-0.25, -0.2) is 4.68 Å². The molecule has 0 radical (unpaired) electrons. The number of pyridine rings is 2. The molecule has 4 heterocycles. The Kier molecular flexibility index (Phi) is 4.90. The molecule has 1 atom stereocenters. The van der Waals surface area contributed by atoms with E-state index in [0.29, 0.717) is 18.0 Å². The minimum Gasteiger partial charge on any atom is -0.375 e. The monoisotopic (exact) mass is 428 g/mol. The maximum Gasteiger partial charge on any atom is 0.534 e. The normalized spacial score (nSPS) is 18.1. The van der Waals surface area contributed by atoms with Crippen LogP contribution in [0, 0.1) is 0 Å². The van der Waals surface area contributed by atoms with Gasteiger partial charge >= 0.3 is 15.6 Å². The summed E-state index contributed by atoms with van der Waals surface area (Å²) in [6, 6.07) is 4.07. The zero-order valence-electron chi connectivity index (χ0n) is 14.8. The van der Waals surface area contributed by atoms with Gasteiger partial charge in [0.1, 0.15) is 11.2 Å². The smallest absolute Gasteiger partial charge is 0.375 e. The molecule has 3 aromatic rings. The molecule has 0 bridgehead atoms. The lowest BCUT2D eigenvalue weighted by atomic mass is 10.1. The van der Waals surface area contributed by atoms with E-state index in [0.717, 1.165) is 31.5 Å². The predicted octanol–water partition coefficient (Wildman–Crippen LogP) is 3.42. The number of fused-ring (bicyclic) bond motifs is 1. The highest BCUT2D eigenvalue weighted by Crippen LogP contribution is 2.35. The fourth-order valence-electron chi connectivity index (χ4n) is 3.13. The SMILES string of the molecule is O=S(=O)(Oc1ccnc2c(-c3ccnn3C3CCCCO3)nccc12)C(F)(F)F. The molecular weight excluding hydrogens is 413 g/mol. The molecule has 8 nitrogen and oxygen atoms in total. The van der Waals surface area contributed by atoms with Gasteiger partial charge < -0.3 is 8.92 Å². The van der Waals surface area contributed by atoms with E-state index < -0.39 is 21.4 Å². The van der Waals surface area contributed by atoms with Crippen molar-refractivity contribution in [1.29, 1.82) is 0 Å². The summed E-state index contributed by atoms with van der Waals surface area (Å²) >= 11 is 0. The first-order valence-electron chi connectivity index (χ1n) is 8.68. The first-order chi connectivity index (χ1) is 13.8. The van der Waals surface area contributed by atoms with Crippen molar-refractivity contribution in [3.8, 4) is 17.1 Å². The Hall–Kier alpha value is -2.73. The average Bonchev–Trinajstić information content (AvgIpc) is 3.17. The van der Waals surface area contributed by atoms with Crippen LogP contribution in [0.5, 0.6) is 5.75 Å². The van der Waals surface area contributed by atoms with Gasteiger partial charge in [-0.15, -0.1) is 0 Å². The Morgan fingerprint density at radius 3 is 2.62 bits per heavy atom. The van der Waals surface area contributed by atoms with Crippen LogP contribution in [0.15, 0.2) is 36.8 Å². The Labute approximate surface area is 163 Å². The van der Waals surface area contributed by atoms with Crippen LogP contribution in [0.3, 0.4) is 0 Å². The zero-order chi connectivity index (χ0) is 20.6. The number of alkyl halides is 3. The van der Waals surface area contributed by atoms with Crippen LogP contribution in [0.1, 0.15) is 25.5 Å². The molecule has 0 aliphatic carbocycles. The summed E-state index contributed by atoms with van der Waals surface area (Å²) in [6.45, 7) is 0.596. The zero-order valence-corrected chi connectivity index (χ0v) is 15.7. The third kappa shape index (κ3) is 3.65. The number of hydrogen-bond donors (Lipinski definition) is 0. The highest BCUT2D eigenvalue weighted by Gasteiger charge is 2.48. The molecule has 0 aromatic carbocycles. The third-order valence-corrected chi connectivity index (χ3v) is 5.41. The number of rotatable bonds is 4. The highest BCUT2D eigenvalue weighted by molar-refractivity contribution is 7.88. The van der Waals surface area contributed by atoms with Crippen molar-refractivity contribution in [1.82, 2.24) is 19.7 Å². The Morgan fingerprint density at radius 2 is 1.90 bits per heavy atom. The third-order valence-electron chi connectivity index (χ3n) is 4.44. The summed E-state index contributed by atoms with van der Waals surface area (Å²) in [5.41, 5.74) is -4.50. The van der Waals surface area contributed by atoms with Crippen LogP contribution in [0.2, 0.25) is 0 Å². The van der Waals surface area contributed by atoms with Crippen molar-refractivity contribution >= 4 is 21.0 Å². The van der Waals surface area contributed by atoms with Gasteiger partial charge in [-0.05, 0) is 31.4 Å². The summed E-state index contributed by atoms with van der Waals surface area (Å²) in [7, 11) is -5.82. The largest absolute Gasteiger partial charge is 0.534 e. The molecule has 1 unspecified atom stereocenters. The molecule has 0 amide bonds. The maximum atomic E-state index is 12.7. The van der Waals surface area contributed by atoms with Crippen LogP contribution >= 0.6 is 0 Å². The minimum absolute atomic E-state index is 0.0719. The molecule has 154 valence electrons. The van der Waals surface area contributed by atoms with Crippen molar-refractivity contribution in [2.24, 2.45) is 0 Å². The van der Waals surface area contributed by atoms with E-state index in [1.807, 2.05) is 0 Å². The molecule has 0 spiro atoms. The fraction of sp³-hybridized carbons (Fsp3) is 0.353. The molecule has 29 heavy (non-hydrogen) atoms. The van der Waals surface area contributed by atoms with Crippen LogP contribution in [0.4, 0.5) is 13.2 Å². The van der Waals surface area contributed by atoms with Crippen LogP contribution in [-0.4, -0.2) is 40.3 Å². The predicted molar refractivity (Wildman–Crippen MR) is 95.2 cm³/mol. The second-order valence-corrected chi connectivity index (χ2v) is 7.87. The lowest BCUT2D eigenvalue weighted by Crippen LogP contribution is -2.28. The number of nitrogens with zero attached hydrogens (tertiary/aromatic N) is 4. The topological polar surface area (TPSA) is 96.2 Å². The average molecular weight is 428 g/mol. The maximum absolute atomic E-state index is 12.7. The fourth-order valence-corrected chi connectivity index (χ4v) is 3.60. The van der Waals surface area contributed by atoms with Gasteiger partial charge in [-0.3, -0.25) is 9.97 Å². The van der Waals surface area contributed by atoms with E-state index in [-0.39, 0.29) is 17.1 Å². The number of ether oxygens (including phenoxy) is 1. The van der Waals surface area contributed by atoms with Gasteiger partial charge in [0, 0.05) is 36.7 Å². The van der Waals surface area contributed by atoms with E-state index in [1.54, 1.807) is 16.9 Å². The summed E-state index contributed by atoms with van der Waals surface area (Å²) in [5.74, 6) is -0.490.